The molecule has 5 heteroatoms. The molecule has 1 amide bonds. The second-order valence-corrected chi connectivity index (χ2v) is 5.79. The van der Waals surface area contributed by atoms with Crippen molar-refractivity contribution in [3.05, 3.63) is 29.8 Å². The molecule has 0 spiro atoms. The van der Waals surface area contributed by atoms with E-state index in [1.54, 1.807) is 7.11 Å². The van der Waals surface area contributed by atoms with Gasteiger partial charge < -0.3 is 15.4 Å². The van der Waals surface area contributed by atoms with Crippen LogP contribution in [0, 0.1) is 0 Å². The summed E-state index contributed by atoms with van der Waals surface area (Å²) >= 11 is 0. The summed E-state index contributed by atoms with van der Waals surface area (Å²) < 4.78 is 5.18. The molecular formula is C16H25N3O2. The smallest absolute Gasteiger partial charge is 0.234 e. The van der Waals surface area contributed by atoms with Gasteiger partial charge in [0, 0.05) is 31.7 Å². The van der Waals surface area contributed by atoms with Gasteiger partial charge in [-0.15, -0.1) is 0 Å². The van der Waals surface area contributed by atoms with E-state index in [9.17, 15) is 4.79 Å². The first-order valence-electron chi connectivity index (χ1n) is 7.45. The predicted molar refractivity (Wildman–Crippen MR) is 83.3 cm³/mol. The number of hydrogen-bond acceptors (Lipinski definition) is 4. The summed E-state index contributed by atoms with van der Waals surface area (Å²) in [5.41, 5.74) is 1.05. The topological polar surface area (TPSA) is 53.6 Å². The zero-order valence-electron chi connectivity index (χ0n) is 13.1. The Morgan fingerprint density at radius 3 is 2.76 bits per heavy atom. The third-order valence-corrected chi connectivity index (χ3v) is 3.62. The van der Waals surface area contributed by atoms with E-state index in [0.29, 0.717) is 25.2 Å². The summed E-state index contributed by atoms with van der Waals surface area (Å²) in [5.74, 6) is 0.880. The van der Waals surface area contributed by atoms with E-state index in [1.165, 1.54) is 0 Å². The van der Waals surface area contributed by atoms with Gasteiger partial charge >= 0.3 is 0 Å². The second kappa shape index (κ2) is 7.43. The van der Waals surface area contributed by atoms with Crippen LogP contribution in [0.25, 0.3) is 0 Å². The third kappa shape index (κ3) is 5.02. The van der Waals surface area contributed by atoms with Crippen molar-refractivity contribution in [2.75, 3.05) is 26.7 Å². The van der Waals surface area contributed by atoms with Crippen LogP contribution in [0.3, 0.4) is 0 Å². The fraction of sp³-hybridized carbons (Fsp3) is 0.562. The number of nitrogens with one attached hydrogen (secondary N) is 2. The molecule has 1 fully saturated rings. The third-order valence-electron chi connectivity index (χ3n) is 3.62. The number of hydrogen-bond donors (Lipinski definition) is 2. The van der Waals surface area contributed by atoms with Crippen molar-refractivity contribution in [3.8, 4) is 5.75 Å². The molecular weight excluding hydrogens is 266 g/mol. The number of benzene rings is 1. The monoisotopic (exact) mass is 291 g/mol. The molecule has 1 saturated heterocycles. The Hall–Kier alpha value is -1.59. The summed E-state index contributed by atoms with van der Waals surface area (Å²) in [7, 11) is 1.64. The summed E-state index contributed by atoms with van der Waals surface area (Å²) in [6, 6.07) is 8.61. The highest BCUT2D eigenvalue weighted by atomic mass is 16.5. The van der Waals surface area contributed by atoms with Gasteiger partial charge in [-0.25, -0.2) is 0 Å². The molecule has 2 rings (SSSR count). The molecule has 1 aromatic carbocycles. The number of rotatable bonds is 5. The highest BCUT2D eigenvalue weighted by molar-refractivity contribution is 5.78. The molecule has 21 heavy (non-hydrogen) atoms. The van der Waals surface area contributed by atoms with Crippen molar-refractivity contribution in [1.29, 1.82) is 0 Å². The molecule has 116 valence electrons. The van der Waals surface area contributed by atoms with Crippen molar-refractivity contribution in [2.45, 2.75) is 32.5 Å². The van der Waals surface area contributed by atoms with Crippen LogP contribution in [-0.4, -0.2) is 49.6 Å². The number of carbonyl (C=O) groups excluding carboxylic acids is 1. The minimum Gasteiger partial charge on any atom is -0.497 e. The Morgan fingerprint density at radius 2 is 2.10 bits per heavy atom. The molecule has 1 heterocycles. The summed E-state index contributed by atoms with van der Waals surface area (Å²) in [5, 5.41) is 6.44. The minimum absolute atomic E-state index is 0.0686. The fourth-order valence-corrected chi connectivity index (χ4v) is 2.81. The quantitative estimate of drug-likeness (QED) is 0.849. The van der Waals surface area contributed by atoms with E-state index in [4.69, 9.17) is 4.74 Å². The predicted octanol–water partition coefficient (Wildman–Crippen LogP) is 0.994. The molecule has 0 radical (unpaired) electrons. The molecule has 2 N–H and O–H groups in total. The van der Waals surface area contributed by atoms with E-state index in [1.807, 2.05) is 24.3 Å². The van der Waals surface area contributed by atoms with Crippen LogP contribution in [-0.2, 0) is 11.3 Å². The van der Waals surface area contributed by atoms with Gasteiger partial charge in [0.2, 0.25) is 5.91 Å². The maximum atomic E-state index is 12.0. The molecule has 0 aromatic heterocycles. The van der Waals surface area contributed by atoms with Gasteiger partial charge in [-0.1, -0.05) is 12.1 Å². The van der Waals surface area contributed by atoms with Gasteiger partial charge in [0.1, 0.15) is 5.75 Å². The van der Waals surface area contributed by atoms with E-state index < -0.39 is 0 Å². The number of carbonyl (C=O) groups is 1. The Bertz CT molecular complexity index is 468. The average Bonchev–Trinajstić information content (AvgIpc) is 2.44. The van der Waals surface area contributed by atoms with Crippen LogP contribution in [0.15, 0.2) is 24.3 Å². The fourth-order valence-electron chi connectivity index (χ4n) is 2.81. The van der Waals surface area contributed by atoms with Gasteiger partial charge in [-0.2, -0.15) is 0 Å². The van der Waals surface area contributed by atoms with Crippen LogP contribution in [0.5, 0.6) is 5.75 Å². The summed E-state index contributed by atoms with van der Waals surface area (Å²) in [4.78, 5) is 14.2. The Balaban J connectivity index is 1.79. The highest BCUT2D eigenvalue weighted by Gasteiger charge is 2.22. The molecule has 1 aromatic rings. The van der Waals surface area contributed by atoms with Gasteiger partial charge in [-0.05, 0) is 31.5 Å². The molecule has 5 nitrogen and oxygen atoms in total. The molecule has 1 aliphatic rings. The largest absolute Gasteiger partial charge is 0.497 e. The van der Waals surface area contributed by atoms with Crippen LogP contribution in [0.1, 0.15) is 19.4 Å². The molecule has 0 aliphatic carbocycles. The van der Waals surface area contributed by atoms with Crippen molar-refractivity contribution in [2.24, 2.45) is 0 Å². The lowest BCUT2D eigenvalue weighted by Crippen LogP contribution is -2.55. The van der Waals surface area contributed by atoms with Gasteiger partial charge in [0.05, 0.1) is 13.7 Å². The lowest BCUT2D eigenvalue weighted by atomic mass is 10.1. The Kier molecular flexibility index (Phi) is 5.59. The van der Waals surface area contributed by atoms with Crippen molar-refractivity contribution < 1.29 is 9.53 Å². The van der Waals surface area contributed by atoms with Crippen LogP contribution in [0.4, 0.5) is 0 Å². The normalized spacial score (nSPS) is 22.8. The molecule has 2 unspecified atom stereocenters. The molecule has 0 bridgehead atoms. The van der Waals surface area contributed by atoms with E-state index >= 15 is 0 Å². The van der Waals surface area contributed by atoms with Crippen LogP contribution >= 0.6 is 0 Å². The maximum Gasteiger partial charge on any atom is 0.234 e. The average molecular weight is 291 g/mol. The zero-order valence-corrected chi connectivity index (χ0v) is 13.1. The number of methoxy groups -OCH3 is 1. The van der Waals surface area contributed by atoms with E-state index in [2.05, 4.69) is 29.4 Å². The maximum absolute atomic E-state index is 12.0. The standard InChI is InChI=1S/C16H25N3O2/c1-12-9-19(10-13(2)18-12)11-16(20)17-8-14-5-4-6-15(7-14)21-3/h4-7,12-13,18H,8-11H2,1-3H3,(H,17,20). The second-order valence-electron chi connectivity index (χ2n) is 5.79. The number of amides is 1. The molecule has 2 atom stereocenters. The van der Waals surface area contributed by atoms with Crippen molar-refractivity contribution in [1.82, 2.24) is 15.5 Å². The van der Waals surface area contributed by atoms with Crippen LogP contribution < -0.4 is 15.4 Å². The zero-order chi connectivity index (χ0) is 15.2. The lowest BCUT2D eigenvalue weighted by Gasteiger charge is -2.35. The molecule has 1 aliphatic heterocycles. The van der Waals surface area contributed by atoms with Gasteiger partial charge in [0.25, 0.3) is 0 Å². The number of ether oxygens (including phenoxy) is 1. The first-order valence-corrected chi connectivity index (χ1v) is 7.45. The van der Waals surface area contributed by atoms with E-state index in [-0.39, 0.29) is 5.91 Å². The first kappa shape index (κ1) is 15.8. The molecule has 0 saturated carbocycles. The first-order chi connectivity index (χ1) is 10.1. The van der Waals surface area contributed by atoms with Gasteiger partial charge in [0.15, 0.2) is 0 Å². The van der Waals surface area contributed by atoms with Crippen molar-refractivity contribution in [3.63, 3.8) is 0 Å². The summed E-state index contributed by atoms with van der Waals surface area (Å²) in [6.45, 7) is 7.12. The lowest BCUT2D eigenvalue weighted by molar-refractivity contribution is -0.122. The number of piperazine rings is 1. The highest BCUT2D eigenvalue weighted by Crippen LogP contribution is 2.12. The minimum atomic E-state index is 0.0686. The van der Waals surface area contributed by atoms with Crippen molar-refractivity contribution >= 4 is 5.91 Å². The van der Waals surface area contributed by atoms with E-state index in [0.717, 1.165) is 24.4 Å². The summed E-state index contributed by atoms with van der Waals surface area (Å²) in [6.07, 6.45) is 0. The number of nitrogens with zero attached hydrogens (tertiary/aromatic N) is 1. The Morgan fingerprint density at radius 1 is 1.38 bits per heavy atom. The van der Waals surface area contributed by atoms with Crippen LogP contribution in [0.2, 0.25) is 0 Å². The SMILES string of the molecule is COc1cccc(CNC(=O)CN2CC(C)NC(C)C2)c1. The Labute approximate surface area is 126 Å². The van der Waals surface area contributed by atoms with Gasteiger partial charge in [-0.3, -0.25) is 9.69 Å².